The minimum atomic E-state index is -2.51. The van der Waals surface area contributed by atoms with Crippen LogP contribution in [0.2, 0.25) is 0 Å². The van der Waals surface area contributed by atoms with Gasteiger partial charge in [-0.2, -0.15) is 0 Å². The summed E-state index contributed by atoms with van der Waals surface area (Å²) in [7, 11) is 0. The van der Waals surface area contributed by atoms with Gasteiger partial charge in [0.15, 0.2) is 0 Å². The summed E-state index contributed by atoms with van der Waals surface area (Å²) in [5.74, 6) is -1.36. The van der Waals surface area contributed by atoms with Crippen molar-refractivity contribution < 1.29 is 23.1 Å². The van der Waals surface area contributed by atoms with Crippen molar-refractivity contribution >= 4 is 17.7 Å². The first kappa shape index (κ1) is 18.8. The maximum atomic E-state index is 13.6. The van der Waals surface area contributed by atoms with Gasteiger partial charge in [-0.15, -0.1) is 0 Å². The Morgan fingerprint density at radius 3 is 2.69 bits per heavy atom. The summed E-state index contributed by atoms with van der Waals surface area (Å²) in [6, 6.07) is 3.92. The fourth-order valence-corrected chi connectivity index (χ4v) is 4.85. The largest absolute Gasteiger partial charge is 0.465 e. The number of aromatic nitrogens is 1. The third-order valence-corrected chi connectivity index (χ3v) is 7.07. The van der Waals surface area contributed by atoms with Crippen molar-refractivity contribution in [3.63, 3.8) is 0 Å². The molecule has 3 saturated heterocycles. The van der Waals surface area contributed by atoms with E-state index in [1.807, 2.05) is 28.1 Å². The number of likely N-dealkylation sites (tertiary alicyclic amines) is 1. The van der Waals surface area contributed by atoms with Gasteiger partial charge in [0.25, 0.3) is 5.92 Å². The molecule has 4 heterocycles. The molecule has 1 aromatic heterocycles. The van der Waals surface area contributed by atoms with Gasteiger partial charge in [0.2, 0.25) is 5.91 Å². The molecule has 0 bridgehead atoms. The van der Waals surface area contributed by atoms with E-state index in [0.29, 0.717) is 58.5 Å². The van der Waals surface area contributed by atoms with Crippen molar-refractivity contribution in [1.29, 1.82) is 0 Å². The van der Waals surface area contributed by atoms with E-state index >= 15 is 0 Å². The zero-order valence-corrected chi connectivity index (χ0v) is 16.3. The number of amides is 1. The number of pyridine rings is 1. The van der Waals surface area contributed by atoms with E-state index in [4.69, 9.17) is 4.74 Å². The molecule has 1 unspecified atom stereocenters. The summed E-state index contributed by atoms with van der Waals surface area (Å²) in [4.78, 5) is 31.7. The number of esters is 1. The van der Waals surface area contributed by atoms with Crippen LogP contribution >= 0.6 is 0 Å². The Kier molecular flexibility index (Phi) is 4.29. The monoisotopic (exact) mass is 405 g/mol. The molecule has 8 heteroatoms. The molecule has 4 fully saturated rings. The van der Waals surface area contributed by atoms with E-state index < -0.39 is 11.3 Å². The van der Waals surface area contributed by atoms with Gasteiger partial charge in [-0.3, -0.25) is 9.59 Å². The number of halogens is 2. The number of anilines is 1. The van der Waals surface area contributed by atoms with Crippen molar-refractivity contribution in [1.82, 2.24) is 9.88 Å². The van der Waals surface area contributed by atoms with Gasteiger partial charge >= 0.3 is 5.97 Å². The van der Waals surface area contributed by atoms with Crippen LogP contribution in [0.1, 0.15) is 43.6 Å². The SMILES string of the molecule is O=C1C[C@H](CCC(=O)N2CC(c3ccc(N4CCC5(C4)CC5(F)F)nc3)C2)CO1. The molecule has 29 heavy (non-hydrogen) atoms. The van der Waals surface area contributed by atoms with Crippen LogP contribution in [0.5, 0.6) is 0 Å². The maximum absolute atomic E-state index is 13.6. The fourth-order valence-electron chi connectivity index (χ4n) is 4.85. The smallest absolute Gasteiger partial charge is 0.306 e. The Morgan fingerprint density at radius 2 is 2.10 bits per heavy atom. The van der Waals surface area contributed by atoms with E-state index in [1.165, 1.54) is 0 Å². The Hall–Kier alpha value is -2.25. The summed E-state index contributed by atoms with van der Waals surface area (Å²) in [6.45, 7) is 2.81. The third-order valence-electron chi connectivity index (χ3n) is 7.07. The summed E-state index contributed by atoms with van der Waals surface area (Å²) in [5.41, 5.74) is 0.262. The molecule has 0 radical (unpaired) electrons. The zero-order chi connectivity index (χ0) is 20.2. The Bertz CT molecular complexity index is 825. The highest BCUT2D eigenvalue weighted by Crippen LogP contribution is 2.65. The lowest BCUT2D eigenvalue weighted by molar-refractivity contribution is -0.138. The normalized spacial score (nSPS) is 30.6. The zero-order valence-electron chi connectivity index (χ0n) is 16.3. The molecular weight excluding hydrogens is 380 g/mol. The number of carbonyl (C=O) groups excluding carboxylic acids is 2. The highest BCUT2D eigenvalue weighted by molar-refractivity contribution is 5.77. The number of hydrogen-bond acceptors (Lipinski definition) is 5. The Balaban J connectivity index is 1.09. The fraction of sp³-hybridized carbons (Fsp3) is 0.667. The summed E-state index contributed by atoms with van der Waals surface area (Å²) < 4.78 is 32.1. The van der Waals surface area contributed by atoms with Gasteiger partial charge in [-0.1, -0.05) is 6.07 Å². The van der Waals surface area contributed by atoms with Crippen LogP contribution < -0.4 is 4.90 Å². The van der Waals surface area contributed by atoms with Crippen LogP contribution in [0.25, 0.3) is 0 Å². The van der Waals surface area contributed by atoms with Crippen molar-refractivity contribution in [3.8, 4) is 0 Å². The van der Waals surface area contributed by atoms with Gasteiger partial charge in [0.05, 0.1) is 18.4 Å². The first-order valence-corrected chi connectivity index (χ1v) is 10.4. The minimum absolute atomic E-state index is 0.00456. The van der Waals surface area contributed by atoms with Crippen LogP contribution in [0.15, 0.2) is 18.3 Å². The summed E-state index contributed by atoms with van der Waals surface area (Å²) >= 11 is 0. The summed E-state index contributed by atoms with van der Waals surface area (Å²) in [5, 5.41) is 0. The van der Waals surface area contributed by atoms with Crippen LogP contribution in [0.4, 0.5) is 14.6 Å². The van der Waals surface area contributed by atoms with Crippen LogP contribution in [0, 0.1) is 11.3 Å². The lowest BCUT2D eigenvalue weighted by Gasteiger charge is -2.39. The molecule has 1 amide bonds. The number of alkyl halides is 2. The van der Waals surface area contributed by atoms with E-state index in [2.05, 4.69) is 4.98 Å². The van der Waals surface area contributed by atoms with Gasteiger partial charge in [0.1, 0.15) is 5.82 Å². The third kappa shape index (κ3) is 3.36. The maximum Gasteiger partial charge on any atom is 0.306 e. The first-order valence-electron chi connectivity index (χ1n) is 10.4. The van der Waals surface area contributed by atoms with Gasteiger partial charge in [-0.25, -0.2) is 13.8 Å². The molecule has 5 rings (SSSR count). The number of nitrogens with zero attached hydrogens (tertiary/aromatic N) is 3. The number of ether oxygens (including phenoxy) is 1. The van der Waals surface area contributed by atoms with Crippen LogP contribution in [0.3, 0.4) is 0 Å². The molecule has 6 nitrogen and oxygen atoms in total. The highest BCUT2D eigenvalue weighted by Gasteiger charge is 2.72. The molecule has 1 aliphatic carbocycles. The molecule has 2 atom stereocenters. The average Bonchev–Trinajstić information content (AvgIpc) is 3.01. The van der Waals surface area contributed by atoms with E-state index in [9.17, 15) is 18.4 Å². The van der Waals surface area contributed by atoms with Gasteiger partial charge < -0.3 is 14.5 Å². The lowest BCUT2D eigenvalue weighted by Crippen LogP contribution is -2.48. The van der Waals surface area contributed by atoms with E-state index in [-0.39, 0.29) is 30.1 Å². The topological polar surface area (TPSA) is 62.7 Å². The average molecular weight is 405 g/mol. The van der Waals surface area contributed by atoms with Crippen molar-refractivity contribution in [3.05, 3.63) is 23.9 Å². The number of hydrogen-bond donors (Lipinski definition) is 0. The molecule has 3 aliphatic heterocycles. The Labute approximate surface area is 168 Å². The number of rotatable bonds is 5. The lowest BCUT2D eigenvalue weighted by atomic mass is 9.91. The highest BCUT2D eigenvalue weighted by atomic mass is 19.3. The van der Waals surface area contributed by atoms with Crippen LogP contribution in [-0.2, 0) is 14.3 Å². The second kappa shape index (κ2) is 6.64. The standard InChI is InChI=1S/C21H25F2N3O3/c22-21(23)12-20(21)5-6-25(13-20)17-3-2-15(8-24-17)16-9-26(10-16)18(27)4-1-14-7-19(28)29-11-14/h2-3,8,14,16H,1,4-7,9-13H2/t14-,20?/m0/s1. The van der Waals surface area contributed by atoms with Crippen molar-refractivity contribution in [2.24, 2.45) is 11.3 Å². The summed E-state index contributed by atoms with van der Waals surface area (Å²) in [6.07, 6.45) is 3.92. The van der Waals surface area contributed by atoms with Gasteiger partial charge in [-0.05, 0) is 24.5 Å². The minimum Gasteiger partial charge on any atom is -0.465 e. The molecule has 156 valence electrons. The molecule has 1 saturated carbocycles. The van der Waals surface area contributed by atoms with Crippen LogP contribution in [-0.4, -0.2) is 60.5 Å². The molecule has 1 aromatic rings. The number of cyclic esters (lactones) is 1. The molecule has 0 N–H and O–H groups in total. The van der Waals surface area contributed by atoms with Crippen molar-refractivity contribution in [2.45, 2.75) is 43.9 Å². The molecule has 4 aliphatic rings. The molecule has 1 spiro atoms. The van der Waals surface area contributed by atoms with Crippen molar-refractivity contribution in [2.75, 3.05) is 37.7 Å². The van der Waals surface area contributed by atoms with E-state index in [0.717, 1.165) is 11.4 Å². The second-order valence-corrected chi connectivity index (χ2v) is 9.07. The quantitative estimate of drug-likeness (QED) is 0.705. The number of carbonyl (C=O) groups is 2. The predicted octanol–water partition coefficient (Wildman–Crippen LogP) is 2.59. The first-order chi connectivity index (χ1) is 13.9. The second-order valence-electron chi connectivity index (χ2n) is 9.07. The van der Waals surface area contributed by atoms with Gasteiger partial charge in [0, 0.05) is 57.1 Å². The Morgan fingerprint density at radius 1 is 1.31 bits per heavy atom. The molecule has 0 aromatic carbocycles. The molecular formula is C21H25F2N3O3. The van der Waals surface area contributed by atoms with E-state index in [1.54, 1.807) is 0 Å². The predicted molar refractivity (Wildman–Crippen MR) is 101 cm³/mol.